The Hall–Kier alpha value is -2.38. The first-order valence-electron chi connectivity index (χ1n) is 8.02. The molecule has 0 aliphatic rings. The highest BCUT2D eigenvalue weighted by Crippen LogP contribution is 2.42. The molecule has 23 heavy (non-hydrogen) atoms. The molecule has 116 valence electrons. The highest BCUT2D eigenvalue weighted by molar-refractivity contribution is 5.42. The van der Waals surface area contributed by atoms with Gasteiger partial charge in [0.25, 0.3) is 0 Å². The van der Waals surface area contributed by atoms with Gasteiger partial charge in [0, 0.05) is 5.92 Å². The summed E-state index contributed by atoms with van der Waals surface area (Å²) >= 11 is 0. The van der Waals surface area contributed by atoms with Gasteiger partial charge < -0.3 is 5.11 Å². The molecule has 1 heteroatoms. The smallest absolute Gasteiger partial charge is 0.121 e. The fraction of sp³-hybridized carbons (Fsp3) is 0.182. The monoisotopic (exact) mass is 302 g/mol. The van der Waals surface area contributed by atoms with Crippen molar-refractivity contribution in [1.82, 2.24) is 0 Å². The van der Waals surface area contributed by atoms with Gasteiger partial charge in [0.05, 0.1) is 0 Å². The van der Waals surface area contributed by atoms with Gasteiger partial charge in [-0.1, -0.05) is 97.4 Å². The Bertz CT molecular complexity index is 747. The summed E-state index contributed by atoms with van der Waals surface area (Å²) in [7, 11) is 0. The number of rotatable bonds is 4. The van der Waals surface area contributed by atoms with Gasteiger partial charge in [-0.05, 0) is 23.6 Å². The zero-order valence-electron chi connectivity index (χ0n) is 13.6. The molecular formula is C22H22O. The maximum atomic E-state index is 11.8. The van der Waals surface area contributed by atoms with Crippen molar-refractivity contribution in [3.8, 4) is 0 Å². The van der Waals surface area contributed by atoms with Gasteiger partial charge in [-0.2, -0.15) is 0 Å². The van der Waals surface area contributed by atoms with E-state index in [4.69, 9.17) is 0 Å². The second kappa shape index (κ2) is 6.39. The Morgan fingerprint density at radius 1 is 0.696 bits per heavy atom. The molecule has 3 aromatic carbocycles. The third kappa shape index (κ3) is 2.93. The van der Waals surface area contributed by atoms with Crippen LogP contribution in [0.3, 0.4) is 0 Å². The predicted octanol–water partition coefficient (Wildman–Crippen LogP) is 5.03. The molecule has 0 aliphatic heterocycles. The molecule has 0 spiro atoms. The Morgan fingerprint density at radius 2 is 1.17 bits per heavy atom. The van der Waals surface area contributed by atoms with E-state index in [2.05, 4.69) is 38.1 Å². The van der Waals surface area contributed by atoms with Crippen LogP contribution in [-0.2, 0) is 5.60 Å². The average Bonchev–Trinajstić information content (AvgIpc) is 2.62. The Labute approximate surface area is 138 Å². The zero-order valence-corrected chi connectivity index (χ0v) is 13.6. The van der Waals surface area contributed by atoms with Crippen molar-refractivity contribution < 1.29 is 5.11 Å². The minimum Gasteiger partial charge on any atom is -0.380 e. The molecule has 3 aromatic rings. The maximum Gasteiger partial charge on any atom is 0.121 e. The lowest BCUT2D eigenvalue weighted by Gasteiger charge is -2.36. The van der Waals surface area contributed by atoms with E-state index >= 15 is 0 Å². The molecule has 0 heterocycles. The van der Waals surface area contributed by atoms with E-state index in [-0.39, 0.29) is 5.92 Å². The summed E-state index contributed by atoms with van der Waals surface area (Å²) in [4.78, 5) is 0. The van der Waals surface area contributed by atoms with Crippen molar-refractivity contribution in [2.45, 2.75) is 25.4 Å². The Balaban J connectivity index is 2.16. The molecule has 1 N–H and O–H groups in total. The number of aryl methyl sites for hydroxylation is 1. The van der Waals surface area contributed by atoms with Crippen molar-refractivity contribution in [3.63, 3.8) is 0 Å². The van der Waals surface area contributed by atoms with Crippen molar-refractivity contribution in [2.24, 2.45) is 0 Å². The number of aliphatic hydroxyl groups is 1. The molecule has 1 nitrogen and oxygen atoms in total. The van der Waals surface area contributed by atoms with E-state index < -0.39 is 5.60 Å². The molecule has 3 rings (SSSR count). The minimum atomic E-state index is -1.06. The summed E-state index contributed by atoms with van der Waals surface area (Å²) in [5, 5.41) is 11.8. The lowest BCUT2D eigenvalue weighted by Crippen LogP contribution is -2.33. The maximum absolute atomic E-state index is 11.8. The molecule has 0 fully saturated rings. The van der Waals surface area contributed by atoms with Gasteiger partial charge in [0.1, 0.15) is 5.60 Å². The molecular weight excluding hydrogens is 280 g/mol. The first-order valence-corrected chi connectivity index (χ1v) is 8.02. The Kier molecular flexibility index (Phi) is 4.31. The summed E-state index contributed by atoms with van der Waals surface area (Å²) in [6, 6.07) is 28.3. The largest absolute Gasteiger partial charge is 0.380 e. The lowest BCUT2D eigenvalue weighted by molar-refractivity contribution is 0.0554. The third-order valence-electron chi connectivity index (χ3n) is 4.63. The van der Waals surface area contributed by atoms with Crippen LogP contribution < -0.4 is 0 Å². The van der Waals surface area contributed by atoms with E-state index in [0.717, 1.165) is 16.7 Å². The van der Waals surface area contributed by atoms with Crippen LogP contribution in [0.15, 0.2) is 84.9 Å². The van der Waals surface area contributed by atoms with Gasteiger partial charge in [-0.15, -0.1) is 0 Å². The molecule has 0 aliphatic carbocycles. The molecule has 0 saturated carbocycles. The van der Waals surface area contributed by atoms with Crippen LogP contribution in [0, 0.1) is 6.92 Å². The lowest BCUT2D eigenvalue weighted by atomic mass is 9.74. The summed E-state index contributed by atoms with van der Waals surface area (Å²) in [5.41, 5.74) is 3.10. The van der Waals surface area contributed by atoms with Crippen molar-refractivity contribution in [1.29, 1.82) is 0 Å². The highest BCUT2D eigenvalue weighted by atomic mass is 16.3. The number of benzene rings is 3. The minimum absolute atomic E-state index is 0.0613. The van der Waals surface area contributed by atoms with Crippen molar-refractivity contribution in [2.75, 3.05) is 0 Å². The second-order valence-corrected chi connectivity index (χ2v) is 6.13. The van der Waals surface area contributed by atoms with Crippen LogP contribution in [0.4, 0.5) is 0 Å². The molecule has 0 amide bonds. The quantitative estimate of drug-likeness (QED) is 0.716. The van der Waals surface area contributed by atoms with Crippen LogP contribution in [-0.4, -0.2) is 5.11 Å². The topological polar surface area (TPSA) is 20.2 Å². The summed E-state index contributed by atoms with van der Waals surface area (Å²) < 4.78 is 0. The van der Waals surface area contributed by atoms with Crippen LogP contribution in [0.1, 0.15) is 35.1 Å². The predicted molar refractivity (Wildman–Crippen MR) is 95.5 cm³/mol. The summed E-state index contributed by atoms with van der Waals surface area (Å²) in [6.07, 6.45) is 0. The second-order valence-electron chi connectivity index (χ2n) is 6.13. The average molecular weight is 302 g/mol. The normalized spacial score (nSPS) is 14.9. The molecule has 0 aromatic heterocycles. The van der Waals surface area contributed by atoms with Crippen molar-refractivity contribution in [3.05, 3.63) is 107 Å². The highest BCUT2D eigenvalue weighted by Gasteiger charge is 2.38. The van der Waals surface area contributed by atoms with Gasteiger partial charge in [-0.25, -0.2) is 0 Å². The van der Waals surface area contributed by atoms with Crippen LogP contribution in [0.5, 0.6) is 0 Å². The van der Waals surface area contributed by atoms with E-state index in [1.54, 1.807) is 0 Å². The zero-order chi connectivity index (χ0) is 16.3. The van der Waals surface area contributed by atoms with E-state index in [1.165, 1.54) is 5.56 Å². The fourth-order valence-corrected chi connectivity index (χ4v) is 3.15. The number of hydrogen-bond donors (Lipinski definition) is 1. The first kappa shape index (κ1) is 15.5. The molecule has 0 saturated heterocycles. The van der Waals surface area contributed by atoms with Crippen LogP contribution >= 0.6 is 0 Å². The van der Waals surface area contributed by atoms with Crippen LogP contribution in [0.25, 0.3) is 0 Å². The standard InChI is InChI=1S/C22H22O/c1-17-13-15-21(16-14-17)22(23,20-11-7-4-8-12-20)18(2)19-9-5-3-6-10-19/h3-16,18,23H,1-2H3. The van der Waals surface area contributed by atoms with Gasteiger partial charge in [0.2, 0.25) is 0 Å². The molecule has 2 unspecified atom stereocenters. The van der Waals surface area contributed by atoms with Crippen LogP contribution in [0.2, 0.25) is 0 Å². The van der Waals surface area contributed by atoms with E-state index in [9.17, 15) is 5.11 Å². The summed E-state index contributed by atoms with van der Waals surface area (Å²) in [6.45, 7) is 4.15. The SMILES string of the molecule is Cc1ccc(C(O)(c2ccccc2)C(C)c2ccccc2)cc1. The van der Waals surface area contributed by atoms with Gasteiger partial charge >= 0.3 is 0 Å². The Morgan fingerprint density at radius 3 is 1.74 bits per heavy atom. The number of hydrogen-bond acceptors (Lipinski definition) is 1. The van der Waals surface area contributed by atoms with E-state index in [0.29, 0.717) is 0 Å². The van der Waals surface area contributed by atoms with Gasteiger partial charge in [0.15, 0.2) is 0 Å². The summed E-state index contributed by atoms with van der Waals surface area (Å²) in [5.74, 6) is -0.0613. The van der Waals surface area contributed by atoms with Gasteiger partial charge in [-0.3, -0.25) is 0 Å². The first-order chi connectivity index (χ1) is 11.1. The molecule has 0 bridgehead atoms. The van der Waals surface area contributed by atoms with E-state index in [1.807, 2.05) is 60.7 Å². The fourth-order valence-electron chi connectivity index (χ4n) is 3.15. The van der Waals surface area contributed by atoms with Crippen molar-refractivity contribution >= 4 is 0 Å². The third-order valence-corrected chi connectivity index (χ3v) is 4.63. The molecule has 2 atom stereocenters. The molecule has 0 radical (unpaired) electrons.